The van der Waals surface area contributed by atoms with Gasteiger partial charge in [-0.1, -0.05) is 0 Å². The SMILES string of the molecule is CCOC(=O)C(N)CSCC(=O)OC(C)(C)C. The number of carbonyl (C=O) groups is 2. The number of thioether (sulfide) groups is 1. The number of hydrogen-bond donors (Lipinski definition) is 1. The Kier molecular flexibility index (Phi) is 7.22. The third kappa shape index (κ3) is 9.00. The van der Waals surface area contributed by atoms with Crippen molar-refractivity contribution in [2.75, 3.05) is 18.1 Å². The normalized spacial score (nSPS) is 13.0. The van der Waals surface area contributed by atoms with E-state index in [1.807, 2.05) is 0 Å². The zero-order chi connectivity index (χ0) is 13.5. The molecule has 0 rings (SSSR count). The lowest BCUT2D eigenvalue weighted by Crippen LogP contribution is -2.35. The van der Waals surface area contributed by atoms with Crippen molar-refractivity contribution in [3.8, 4) is 0 Å². The zero-order valence-electron chi connectivity index (χ0n) is 10.8. The molecule has 0 aromatic carbocycles. The highest BCUT2D eigenvalue weighted by molar-refractivity contribution is 8.00. The van der Waals surface area contributed by atoms with Crippen molar-refractivity contribution in [3.63, 3.8) is 0 Å². The van der Waals surface area contributed by atoms with Crippen molar-refractivity contribution in [1.29, 1.82) is 0 Å². The van der Waals surface area contributed by atoms with Gasteiger partial charge in [0.05, 0.1) is 12.4 Å². The van der Waals surface area contributed by atoms with Crippen LogP contribution in [-0.2, 0) is 19.1 Å². The molecular weight excluding hydrogens is 242 g/mol. The smallest absolute Gasteiger partial charge is 0.323 e. The van der Waals surface area contributed by atoms with E-state index in [1.54, 1.807) is 27.7 Å². The minimum absolute atomic E-state index is 0.185. The van der Waals surface area contributed by atoms with Gasteiger partial charge in [0, 0.05) is 5.75 Å². The predicted molar refractivity (Wildman–Crippen MR) is 67.8 cm³/mol. The fourth-order valence-corrected chi connectivity index (χ4v) is 1.69. The summed E-state index contributed by atoms with van der Waals surface area (Å²) in [5.74, 6) is -0.217. The highest BCUT2D eigenvalue weighted by Gasteiger charge is 2.18. The second kappa shape index (κ2) is 7.55. The van der Waals surface area contributed by atoms with Crippen LogP contribution in [0.1, 0.15) is 27.7 Å². The van der Waals surface area contributed by atoms with Crippen molar-refractivity contribution >= 4 is 23.7 Å². The maximum atomic E-state index is 11.3. The van der Waals surface area contributed by atoms with Crippen LogP contribution in [0.25, 0.3) is 0 Å². The summed E-state index contributed by atoms with van der Waals surface area (Å²) in [5, 5.41) is 0. The molecule has 0 aliphatic carbocycles. The van der Waals surface area contributed by atoms with Crippen molar-refractivity contribution in [3.05, 3.63) is 0 Å². The number of esters is 2. The maximum Gasteiger partial charge on any atom is 0.323 e. The van der Waals surface area contributed by atoms with E-state index in [2.05, 4.69) is 0 Å². The standard InChI is InChI=1S/C11H21NO4S/c1-5-15-10(14)8(12)6-17-7-9(13)16-11(2,3)4/h8H,5-7,12H2,1-4H3. The van der Waals surface area contributed by atoms with Gasteiger partial charge in [-0.3, -0.25) is 9.59 Å². The van der Waals surface area contributed by atoms with Crippen LogP contribution < -0.4 is 5.73 Å². The van der Waals surface area contributed by atoms with Crippen LogP contribution in [0, 0.1) is 0 Å². The Morgan fingerprint density at radius 1 is 1.35 bits per heavy atom. The molecule has 100 valence electrons. The number of nitrogens with two attached hydrogens (primary N) is 1. The van der Waals surface area contributed by atoms with Gasteiger partial charge < -0.3 is 15.2 Å². The average Bonchev–Trinajstić information content (AvgIpc) is 2.14. The van der Waals surface area contributed by atoms with Gasteiger partial charge in [0.15, 0.2) is 0 Å². The second-order valence-corrected chi connectivity index (χ2v) is 5.49. The van der Waals surface area contributed by atoms with Crippen molar-refractivity contribution in [1.82, 2.24) is 0 Å². The maximum absolute atomic E-state index is 11.3. The van der Waals surface area contributed by atoms with Crippen LogP contribution in [0.3, 0.4) is 0 Å². The van der Waals surface area contributed by atoms with Gasteiger partial charge in [-0.2, -0.15) is 0 Å². The Hall–Kier alpha value is -0.750. The van der Waals surface area contributed by atoms with Crippen LogP contribution in [0.2, 0.25) is 0 Å². The Balaban J connectivity index is 3.77. The highest BCUT2D eigenvalue weighted by atomic mass is 32.2. The Morgan fingerprint density at radius 3 is 2.41 bits per heavy atom. The Labute approximate surface area is 106 Å². The van der Waals surface area contributed by atoms with Gasteiger partial charge in [0.25, 0.3) is 0 Å². The topological polar surface area (TPSA) is 78.6 Å². The van der Waals surface area contributed by atoms with Crippen LogP contribution in [0.15, 0.2) is 0 Å². The largest absolute Gasteiger partial charge is 0.465 e. The molecule has 0 radical (unpaired) electrons. The fraction of sp³-hybridized carbons (Fsp3) is 0.818. The molecule has 0 aromatic heterocycles. The lowest BCUT2D eigenvalue weighted by molar-refractivity contribution is -0.151. The first-order chi connectivity index (χ1) is 7.76. The predicted octanol–water partition coefficient (Wildman–Crippen LogP) is 0.952. The summed E-state index contributed by atoms with van der Waals surface area (Å²) in [5.41, 5.74) is 5.08. The molecule has 17 heavy (non-hydrogen) atoms. The van der Waals surface area contributed by atoms with E-state index in [-0.39, 0.29) is 11.7 Å². The fourth-order valence-electron chi connectivity index (χ4n) is 0.958. The lowest BCUT2D eigenvalue weighted by atomic mass is 10.2. The van der Waals surface area contributed by atoms with E-state index in [4.69, 9.17) is 15.2 Å². The quantitative estimate of drug-likeness (QED) is 0.719. The van der Waals surface area contributed by atoms with Gasteiger partial charge in [-0.25, -0.2) is 0 Å². The lowest BCUT2D eigenvalue weighted by Gasteiger charge is -2.19. The van der Waals surface area contributed by atoms with E-state index in [1.165, 1.54) is 11.8 Å². The molecule has 2 N–H and O–H groups in total. The molecule has 5 nitrogen and oxygen atoms in total. The van der Waals surface area contributed by atoms with E-state index < -0.39 is 17.6 Å². The molecule has 0 aliphatic heterocycles. The van der Waals surface area contributed by atoms with Crippen LogP contribution in [0.4, 0.5) is 0 Å². The number of hydrogen-bond acceptors (Lipinski definition) is 6. The first-order valence-corrected chi connectivity index (χ1v) is 6.63. The van der Waals surface area contributed by atoms with Gasteiger partial charge in [-0.15, -0.1) is 11.8 Å². The van der Waals surface area contributed by atoms with Gasteiger partial charge >= 0.3 is 11.9 Å². The second-order valence-electron chi connectivity index (χ2n) is 4.46. The summed E-state index contributed by atoms with van der Waals surface area (Å²) in [6, 6.07) is -0.692. The summed E-state index contributed by atoms with van der Waals surface area (Å²) in [7, 11) is 0. The molecule has 0 amide bonds. The Bertz CT molecular complexity index is 263. The van der Waals surface area contributed by atoms with Crippen molar-refractivity contribution in [2.24, 2.45) is 5.73 Å². The van der Waals surface area contributed by atoms with E-state index in [0.29, 0.717) is 12.4 Å². The molecule has 0 saturated carbocycles. The molecule has 6 heteroatoms. The third-order valence-electron chi connectivity index (χ3n) is 1.53. The minimum Gasteiger partial charge on any atom is -0.465 e. The van der Waals surface area contributed by atoms with Crippen molar-refractivity contribution in [2.45, 2.75) is 39.3 Å². The monoisotopic (exact) mass is 263 g/mol. The van der Waals surface area contributed by atoms with Gasteiger partial charge in [0.1, 0.15) is 11.6 Å². The minimum atomic E-state index is -0.692. The summed E-state index contributed by atoms with van der Waals surface area (Å²) in [6.45, 7) is 7.45. The zero-order valence-corrected chi connectivity index (χ0v) is 11.6. The number of carbonyl (C=O) groups excluding carboxylic acids is 2. The number of rotatable bonds is 6. The summed E-state index contributed by atoms with van der Waals surface area (Å²) >= 11 is 1.26. The molecule has 0 heterocycles. The van der Waals surface area contributed by atoms with Crippen LogP contribution in [-0.4, -0.2) is 41.7 Å². The molecule has 0 spiro atoms. The Morgan fingerprint density at radius 2 is 1.94 bits per heavy atom. The first kappa shape index (κ1) is 16.2. The van der Waals surface area contributed by atoms with Gasteiger partial charge in [-0.05, 0) is 27.7 Å². The molecule has 0 fully saturated rings. The molecular formula is C11H21NO4S. The van der Waals surface area contributed by atoms with Crippen LogP contribution >= 0.6 is 11.8 Å². The molecule has 0 bridgehead atoms. The van der Waals surface area contributed by atoms with E-state index in [9.17, 15) is 9.59 Å². The molecule has 0 saturated heterocycles. The number of ether oxygens (including phenoxy) is 2. The van der Waals surface area contributed by atoms with Gasteiger partial charge in [0.2, 0.25) is 0 Å². The third-order valence-corrected chi connectivity index (χ3v) is 2.56. The van der Waals surface area contributed by atoms with Crippen LogP contribution in [0.5, 0.6) is 0 Å². The molecule has 0 aliphatic rings. The molecule has 0 aromatic rings. The molecule has 1 atom stereocenters. The van der Waals surface area contributed by atoms with E-state index >= 15 is 0 Å². The average molecular weight is 263 g/mol. The summed E-state index contributed by atoms with van der Waals surface area (Å²) in [4.78, 5) is 22.5. The first-order valence-electron chi connectivity index (χ1n) is 5.48. The highest BCUT2D eigenvalue weighted by Crippen LogP contribution is 2.10. The van der Waals surface area contributed by atoms with E-state index in [0.717, 1.165) is 0 Å². The summed E-state index contributed by atoms with van der Waals surface area (Å²) < 4.78 is 9.86. The summed E-state index contributed by atoms with van der Waals surface area (Å²) in [6.07, 6.45) is 0. The van der Waals surface area contributed by atoms with Crippen molar-refractivity contribution < 1.29 is 19.1 Å². The molecule has 1 unspecified atom stereocenters.